The summed E-state index contributed by atoms with van der Waals surface area (Å²) in [7, 11) is 0. The fourth-order valence-corrected chi connectivity index (χ4v) is 2.56. The normalized spacial score (nSPS) is 11.6. The predicted molar refractivity (Wildman–Crippen MR) is 97.0 cm³/mol. The van der Waals surface area contributed by atoms with Gasteiger partial charge in [-0.15, -0.1) is 0 Å². The molecule has 0 heterocycles. The van der Waals surface area contributed by atoms with Gasteiger partial charge in [-0.3, -0.25) is 9.59 Å². The van der Waals surface area contributed by atoms with Crippen LogP contribution in [0, 0.1) is 0 Å². The molecular formula is C22H18O3. The van der Waals surface area contributed by atoms with Gasteiger partial charge in [-0.25, -0.2) is 0 Å². The van der Waals surface area contributed by atoms with Crippen molar-refractivity contribution in [2.24, 2.45) is 0 Å². The summed E-state index contributed by atoms with van der Waals surface area (Å²) in [5, 5.41) is 0. The van der Waals surface area contributed by atoms with Gasteiger partial charge in [0.2, 0.25) is 5.78 Å². The maximum Gasteiger partial charge on any atom is 0.207 e. The van der Waals surface area contributed by atoms with Gasteiger partial charge in [-0.1, -0.05) is 60.7 Å². The number of hydrogen-bond donors (Lipinski definition) is 0. The van der Waals surface area contributed by atoms with Crippen molar-refractivity contribution in [2.75, 3.05) is 0 Å². The molecule has 1 atom stereocenters. The van der Waals surface area contributed by atoms with Crippen molar-refractivity contribution in [3.8, 4) is 5.75 Å². The predicted octanol–water partition coefficient (Wildman–Crippen LogP) is 4.89. The van der Waals surface area contributed by atoms with Crippen molar-refractivity contribution in [1.29, 1.82) is 0 Å². The van der Waals surface area contributed by atoms with Crippen LogP contribution in [0.2, 0.25) is 0 Å². The van der Waals surface area contributed by atoms with Crippen molar-refractivity contribution in [3.05, 3.63) is 102 Å². The lowest BCUT2D eigenvalue weighted by Gasteiger charge is -2.19. The molecule has 0 spiro atoms. The lowest BCUT2D eigenvalue weighted by Crippen LogP contribution is -2.19. The van der Waals surface area contributed by atoms with Crippen LogP contribution in [-0.2, 0) is 0 Å². The smallest absolute Gasteiger partial charge is 0.207 e. The van der Waals surface area contributed by atoms with Crippen molar-refractivity contribution in [3.63, 3.8) is 0 Å². The molecule has 3 heteroatoms. The molecule has 0 saturated carbocycles. The average molecular weight is 330 g/mol. The first-order valence-corrected chi connectivity index (χ1v) is 8.07. The molecule has 3 nitrogen and oxygen atoms in total. The number of carbonyl (C=O) groups excluding carboxylic acids is 2. The van der Waals surface area contributed by atoms with E-state index in [1.165, 1.54) is 6.92 Å². The Bertz CT molecular complexity index is 853. The van der Waals surface area contributed by atoms with Crippen molar-refractivity contribution >= 4 is 11.6 Å². The van der Waals surface area contributed by atoms with Crippen LogP contribution in [0.3, 0.4) is 0 Å². The second-order valence-corrected chi connectivity index (χ2v) is 5.72. The average Bonchev–Trinajstić information content (AvgIpc) is 2.67. The van der Waals surface area contributed by atoms with E-state index in [2.05, 4.69) is 0 Å². The number of hydrogen-bond acceptors (Lipinski definition) is 3. The summed E-state index contributed by atoms with van der Waals surface area (Å²) < 4.78 is 5.99. The van der Waals surface area contributed by atoms with Gasteiger partial charge in [0.1, 0.15) is 5.75 Å². The molecule has 3 rings (SSSR count). The molecular weight excluding hydrogens is 312 g/mol. The van der Waals surface area contributed by atoms with Crippen LogP contribution < -0.4 is 4.74 Å². The topological polar surface area (TPSA) is 43.4 Å². The Kier molecular flexibility index (Phi) is 5.05. The zero-order valence-electron chi connectivity index (χ0n) is 13.9. The maximum absolute atomic E-state index is 12.9. The molecule has 0 unspecified atom stereocenters. The first kappa shape index (κ1) is 16.7. The molecule has 0 saturated heterocycles. The molecule has 0 N–H and O–H groups in total. The third kappa shape index (κ3) is 4.01. The lowest BCUT2D eigenvalue weighted by molar-refractivity contribution is 0.0792. The minimum atomic E-state index is -0.744. The third-order valence-electron chi connectivity index (χ3n) is 3.91. The molecule has 0 aliphatic rings. The van der Waals surface area contributed by atoms with Gasteiger partial charge in [0.25, 0.3) is 0 Å². The summed E-state index contributed by atoms with van der Waals surface area (Å²) >= 11 is 0. The van der Waals surface area contributed by atoms with Crippen molar-refractivity contribution in [2.45, 2.75) is 13.0 Å². The molecule has 0 aliphatic heterocycles. The van der Waals surface area contributed by atoms with Crippen LogP contribution in [0.25, 0.3) is 0 Å². The molecule has 0 bridgehead atoms. The number of ketones is 2. The molecule has 0 radical (unpaired) electrons. The van der Waals surface area contributed by atoms with E-state index in [4.69, 9.17) is 4.74 Å². The lowest BCUT2D eigenvalue weighted by atomic mass is 10.00. The van der Waals surface area contributed by atoms with E-state index in [9.17, 15) is 9.59 Å². The molecule has 3 aromatic rings. The highest BCUT2D eigenvalue weighted by Crippen LogP contribution is 2.26. The molecule has 124 valence electrons. The van der Waals surface area contributed by atoms with E-state index in [1.54, 1.807) is 36.4 Å². The highest BCUT2D eigenvalue weighted by molar-refractivity contribution is 6.00. The first-order chi connectivity index (χ1) is 12.1. The second kappa shape index (κ2) is 7.58. The summed E-state index contributed by atoms with van der Waals surface area (Å²) in [6.45, 7) is 1.52. The first-order valence-electron chi connectivity index (χ1n) is 8.07. The summed E-state index contributed by atoms with van der Waals surface area (Å²) in [5.41, 5.74) is 1.99. The van der Waals surface area contributed by atoms with E-state index < -0.39 is 6.10 Å². The van der Waals surface area contributed by atoms with E-state index in [0.717, 1.165) is 5.56 Å². The van der Waals surface area contributed by atoms with Crippen LogP contribution in [0.15, 0.2) is 84.9 Å². The summed E-state index contributed by atoms with van der Waals surface area (Å²) in [6, 6.07) is 25.3. The summed E-state index contributed by atoms with van der Waals surface area (Å²) in [5.74, 6) is 0.428. The molecule has 25 heavy (non-hydrogen) atoms. The number of rotatable bonds is 6. The van der Waals surface area contributed by atoms with Crippen molar-refractivity contribution < 1.29 is 14.3 Å². The van der Waals surface area contributed by atoms with Gasteiger partial charge in [0.05, 0.1) is 0 Å². The number of carbonyl (C=O) groups is 2. The SMILES string of the molecule is CC(=O)c1ccc(O[C@@H](C(=O)c2ccccc2)c2ccccc2)cc1. The van der Waals surface area contributed by atoms with E-state index >= 15 is 0 Å². The van der Waals surface area contributed by atoms with Gasteiger partial charge < -0.3 is 4.74 Å². The highest BCUT2D eigenvalue weighted by atomic mass is 16.5. The van der Waals surface area contributed by atoms with Gasteiger partial charge in [0, 0.05) is 16.7 Å². The number of Topliss-reactive ketones (excluding diaryl/α,β-unsaturated/α-hetero) is 2. The van der Waals surface area contributed by atoms with Crippen LogP contribution in [0.1, 0.15) is 39.3 Å². The fraction of sp³-hybridized carbons (Fsp3) is 0.0909. The monoisotopic (exact) mass is 330 g/mol. The van der Waals surface area contributed by atoms with Crippen LogP contribution in [0.4, 0.5) is 0 Å². The quantitative estimate of drug-likeness (QED) is 0.604. The zero-order chi connectivity index (χ0) is 17.6. The standard InChI is InChI=1S/C22H18O3/c1-16(23)17-12-14-20(15-13-17)25-22(19-10-6-3-7-11-19)21(24)18-8-4-2-5-9-18/h2-15,22H,1H3/t22-/m1/s1. The highest BCUT2D eigenvalue weighted by Gasteiger charge is 2.24. The van der Waals surface area contributed by atoms with Gasteiger partial charge in [-0.2, -0.15) is 0 Å². The Morgan fingerprint density at radius 3 is 1.84 bits per heavy atom. The fourth-order valence-electron chi connectivity index (χ4n) is 2.56. The molecule has 0 fully saturated rings. The van der Waals surface area contributed by atoms with E-state index in [0.29, 0.717) is 16.9 Å². The molecule has 3 aromatic carbocycles. The molecule has 0 aromatic heterocycles. The number of ether oxygens (including phenoxy) is 1. The Balaban J connectivity index is 1.92. The zero-order valence-corrected chi connectivity index (χ0v) is 13.9. The van der Waals surface area contributed by atoms with Crippen molar-refractivity contribution in [1.82, 2.24) is 0 Å². The summed E-state index contributed by atoms with van der Waals surface area (Å²) in [4.78, 5) is 24.3. The van der Waals surface area contributed by atoms with Crippen LogP contribution >= 0.6 is 0 Å². The number of benzene rings is 3. The Labute approximate surface area is 146 Å². The van der Waals surface area contributed by atoms with Crippen LogP contribution in [-0.4, -0.2) is 11.6 Å². The maximum atomic E-state index is 12.9. The minimum absolute atomic E-state index is 0.00785. The molecule has 0 aliphatic carbocycles. The van der Waals surface area contributed by atoms with Gasteiger partial charge in [-0.05, 0) is 31.2 Å². The summed E-state index contributed by atoms with van der Waals surface area (Å²) in [6.07, 6.45) is -0.744. The van der Waals surface area contributed by atoms with Gasteiger partial charge in [0.15, 0.2) is 11.9 Å². The van der Waals surface area contributed by atoms with Crippen LogP contribution in [0.5, 0.6) is 5.75 Å². The largest absolute Gasteiger partial charge is 0.478 e. The van der Waals surface area contributed by atoms with Gasteiger partial charge >= 0.3 is 0 Å². The Morgan fingerprint density at radius 1 is 0.720 bits per heavy atom. The van der Waals surface area contributed by atoms with E-state index in [-0.39, 0.29) is 11.6 Å². The third-order valence-corrected chi connectivity index (χ3v) is 3.91. The Hall–Kier alpha value is -3.20. The minimum Gasteiger partial charge on any atom is -0.478 e. The van der Waals surface area contributed by atoms with E-state index in [1.807, 2.05) is 48.5 Å². The second-order valence-electron chi connectivity index (χ2n) is 5.72. The Morgan fingerprint density at radius 2 is 1.28 bits per heavy atom. The molecule has 0 amide bonds.